The molecule has 1 heterocycles. The van der Waals surface area contributed by atoms with Gasteiger partial charge in [0.25, 0.3) is 0 Å². The van der Waals surface area contributed by atoms with Gasteiger partial charge in [-0.25, -0.2) is 18.4 Å². The first-order chi connectivity index (χ1) is 11.9. The zero-order valence-electron chi connectivity index (χ0n) is 14.1. The van der Waals surface area contributed by atoms with E-state index in [0.717, 1.165) is 12.1 Å². The van der Waals surface area contributed by atoms with Crippen LogP contribution in [0.4, 0.5) is 8.78 Å². The second-order valence-electron chi connectivity index (χ2n) is 5.85. The minimum absolute atomic E-state index is 0.00461. The predicted molar refractivity (Wildman–Crippen MR) is 91.7 cm³/mol. The van der Waals surface area contributed by atoms with Crippen molar-refractivity contribution in [1.82, 2.24) is 19.7 Å². The lowest BCUT2D eigenvalue weighted by Gasteiger charge is -2.40. The van der Waals surface area contributed by atoms with Gasteiger partial charge in [-0.05, 0) is 13.0 Å². The lowest BCUT2D eigenvalue weighted by atomic mass is 9.85. The lowest BCUT2D eigenvalue weighted by Crippen LogP contribution is -2.52. The molecule has 0 saturated carbocycles. The van der Waals surface area contributed by atoms with Gasteiger partial charge in [0.2, 0.25) is 0 Å². The molecule has 0 aliphatic carbocycles. The van der Waals surface area contributed by atoms with Crippen molar-refractivity contribution in [2.75, 3.05) is 13.1 Å². The van der Waals surface area contributed by atoms with Gasteiger partial charge in [-0.15, -0.1) is 13.2 Å². The molecule has 2 unspecified atom stereocenters. The molecule has 5 nitrogen and oxygen atoms in total. The molecule has 2 atom stereocenters. The second kappa shape index (κ2) is 8.13. The van der Waals surface area contributed by atoms with E-state index in [2.05, 4.69) is 23.2 Å². The van der Waals surface area contributed by atoms with Crippen molar-refractivity contribution in [3.8, 4) is 0 Å². The summed E-state index contributed by atoms with van der Waals surface area (Å²) in [6.07, 6.45) is 6.15. The fraction of sp³-hybridized carbons (Fsp3) is 0.333. The van der Waals surface area contributed by atoms with Crippen LogP contribution in [0.15, 0.2) is 56.2 Å². The van der Waals surface area contributed by atoms with Crippen LogP contribution in [-0.4, -0.2) is 43.9 Å². The number of rotatable bonds is 9. The van der Waals surface area contributed by atoms with Gasteiger partial charge in [0, 0.05) is 30.8 Å². The molecule has 0 aliphatic rings. The smallest absolute Gasteiger partial charge is 0.137 e. The highest BCUT2D eigenvalue weighted by atomic mass is 19.1. The third kappa shape index (κ3) is 4.18. The van der Waals surface area contributed by atoms with Crippen molar-refractivity contribution < 1.29 is 13.9 Å². The van der Waals surface area contributed by atoms with Crippen molar-refractivity contribution in [2.24, 2.45) is 0 Å². The van der Waals surface area contributed by atoms with Gasteiger partial charge in [0.05, 0.1) is 6.54 Å². The summed E-state index contributed by atoms with van der Waals surface area (Å²) in [6, 6.07) is 2.62. The summed E-state index contributed by atoms with van der Waals surface area (Å²) in [5.41, 5.74) is -1.67. The number of hydrogen-bond donors (Lipinski definition) is 1. The highest BCUT2D eigenvalue weighted by Gasteiger charge is 2.41. The highest BCUT2D eigenvalue weighted by Crippen LogP contribution is 2.32. The zero-order chi connectivity index (χ0) is 18.4. The maximum absolute atomic E-state index is 14.5. The maximum Gasteiger partial charge on any atom is 0.137 e. The van der Waals surface area contributed by atoms with Crippen LogP contribution in [0.1, 0.15) is 12.5 Å². The Hall–Kier alpha value is -2.38. The Balaban J connectivity index is 2.50. The molecule has 1 N–H and O–H groups in total. The van der Waals surface area contributed by atoms with E-state index in [1.165, 1.54) is 23.4 Å². The minimum atomic E-state index is -1.67. The largest absolute Gasteiger partial charge is 0.381 e. The molecule has 0 fully saturated rings. The molecule has 0 saturated heterocycles. The molecule has 134 valence electrons. The molecule has 0 spiro atoms. The monoisotopic (exact) mass is 348 g/mol. The summed E-state index contributed by atoms with van der Waals surface area (Å²) >= 11 is 0. The van der Waals surface area contributed by atoms with Crippen molar-refractivity contribution in [3.05, 3.63) is 73.4 Å². The van der Waals surface area contributed by atoms with Gasteiger partial charge in [0.15, 0.2) is 0 Å². The van der Waals surface area contributed by atoms with Crippen molar-refractivity contribution in [1.29, 1.82) is 0 Å². The number of aliphatic hydroxyl groups is 1. The Labute approximate surface area is 145 Å². The summed E-state index contributed by atoms with van der Waals surface area (Å²) in [5.74, 6) is -1.52. The number of halogens is 2. The van der Waals surface area contributed by atoms with Gasteiger partial charge in [-0.2, -0.15) is 5.10 Å². The summed E-state index contributed by atoms with van der Waals surface area (Å²) in [5, 5.41) is 15.5. The number of benzene rings is 1. The van der Waals surface area contributed by atoms with E-state index in [4.69, 9.17) is 0 Å². The summed E-state index contributed by atoms with van der Waals surface area (Å²) in [6.45, 7) is 10.1. The van der Waals surface area contributed by atoms with Crippen LogP contribution in [0.3, 0.4) is 0 Å². The molecule has 0 amide bonds. The Morgan fingerprint density at radius 1 is 1.32 bits per heavy atom. The second-order valence-corrected chi connectivity index (χ2v) is 5.85. The molecule has 0 aliphatic heterocycles. The molecule has 25 heavy (non-hydrogen) atoms. The highest BCUT2D eigenvalue weighted by molar-refractivity contribution is 5.27. The van der Waals surface area contributed by atoms with Crippen molar-refractivity contribution in [3.63, 3.8) is 0 Å². The van der Waals surface area contributed by atoms with E-state index in [1.807, 2.05) is 4.90 Å². The average molecular weight is 348 g/mol. The van der Waals surface area contributed by atoms with Crippen molar-refractivity contribution in [2.45, 2.75) is 25.1 Å². The van der Waals surface area contributed by atoms with Crippen LogP contribution in [-0.2, 0) is 12.1 Å². The molecule has 2 aromatic rings. The Morgan fingerprint density at radius 3 is 2.52 bits per heavy atom. The summed E-state index contributed by atoms with van der Waals surface area (Å²) in [7, 11) is 0. The van der Waals surface area contributed by atoms with Crippen LogP contribution < -0.4 is 0 Å². The van der Waals surface area contributed by atoms with E-state index in [0.29, 0.717) is 13.1 Å². The van der Waals surface area contributed by atoms with Gasteiger partial charge < -0.3 is 5.11 Å². The quantitative estimate of drug-likeness (QED) is 0.708. The SMILES string of the molecule is C=CCN(CC=C)C(C)C(O)(Cn1cncn1)c1ccc(F)cc1F. The van der Waals surface area contributed by atoms with Crippen LogP contribution >= 0.6 is 0 Å². The molecule has 0 radical (unpaired) electrons. The predicted octanol–water partition coefficient (Wildman–Crippen LogP) is 2.51. The standard InChI is InChI=1S/C18H22F2N4O/c1-4-8-23(9-5-2)14(3)18(25,11-24-13-21-12-22-24)16-7-6-15(19)10-17(16)20/h4-7,10,12-14,25H,1-2,8-9,11H2,3H3. The van der Waals surface area contributed by atoms with Gasteiger partial charge >= 0.3 is 0 Å². The van der Waals surface area contributed by atoms with Crippen LogP contribution in [0, 0.1) is 11.6 Å². The van der Waals surface area contributed by atoms with Gasteiger partial charge in [-0.3, -0.25) is 4.90 Å². The fourth-order valence-electron chi connectivity index (χ4n) is 2.87. The topological polar surface area (TPSA) is 54.2 Å². The van der Waals surface area contributed by atoms with Crippen LogP contribution in [0.25, 0.3) is 0 Å². The Kier molecular flexibility index (Phi) is 6.17. The third-order valence-corrected chi connectivity index (χ3v) is 4.23. The van der Waals surface area contributed by atoms with Crippen LogP contribution in [0.2, 0.25) is 0 Å². The lowest BCUT2D eigenvalue weighted by molar-refractivity contribution is -0.0581. The van der Waals surface area contributed by atoms with Gasteiger partial charge in [0.1, 0.15) is 29.9 Å². The molecule has 1 aromatic carbocycles. The number of nitrogens with zero attached hydrogens (tertiary/aromatic N) is 4. The Morgan fingerprint density at radius 2 is 2.00 bits per heavy atom. The number of hydrogen-bond acceptors (Lipinski definition) is 4. The molecular formula is C18H22F2N4O. The first kappa shape index (κ1) is 19.0. The number of aromatic nitrogens is 3. The molecule has 7 heteroatoms. The van der Waals surface area contributed by atoms with E-state index < -0.39 is 23.3 Å². The third-order valence-electron chi connectivity index (χ3n) is 4.23. The minimum Gasteiger partial charge on any atom is -0.381 e. The van der Waals surface area contributed by atoms with Gasteiger partial charge in [-0.1, -0.05) is 18.2 Å². The molecular weight excluding hydrogens is 326 g/mol. The first-order valence-corrected chi connectivity index (χ1v) is 7.88. The Bertz CT molecular complexity index is 710. The summed E-state index contributed by atoms with van der Waals surface area (Å²) < 4.78 is 29.2. The van der Waals surface area contributed by atoms with E-state index in [-0.39, 0.29) is 12.1 Å². The zero-order valence-corrected chi connectivity index (χ0v) is 14.1. The normalized spacial score (nSPS) is 14.9. The molecule has 2 rings (SSSR count). The first-order valence-electron chi connectivity index (χ1n) is 7.88. The van der Waals surface area contributed by atoms with E-state index in [9.17, 15) is 13.9 Å². The van der Waals surface area contributed by atoms with Crippen LogP contribution in [0.5, 0.6) is 0 Å². The fourth-order valence-corrected chi connectivity index (χ4v) is 2.87. The molecule has 1 aromatic heterocycles. The molecule has 0 bridgehead atoms. The summed E-state index contributed by atoms with van der Waals surface area (Å²) in [4.78, 5) is 5.74. The maximum atomic E-state index is 14.5. The van der Waals surface area contributed by atoms with E-state index in [1.54, 1.807) is 19.1 Å². The average Bonchev–Trinajstić information content (AvgIpc) is 3.06. The van der Waals surface area contributed by atoms with E-state index >= 15 is 0 Å². The van der Waals surface area contributed by atoms with Crippen molar-refractivity contribution >= 4 is 0 Å².